The van der Waals surface area contributed by atoms with Crippen molar-refractivity contribution in [2.75, 3.05) is 25.5 Å². The molecule has 5 nitrogen and oxygen atoms in total. The Morgan fingerprint density at radius 1 is 1.12 bits per heavy atom. The van der Waals surface area contributed by atoms with Crippen LogP contribution >= 0.6 is 23.2 Å². The van der Waals surface area contributed by atoms with Crippen LogP contribution in [0.3, 0.4) is 0 Å². The van der Waals surface area contributed by atoms with Crippen molar-refractivity contribution in [1.82, 2.24) is 4.31 Å². The van der Waals surface area contributed by atoms with Gasteiger partial charge in [0.05, 0.1) is 7.11 Å². The van der Waals surface area contributed by atoms with Crippen LogP contribution in [0.1, 0.15) is 18.4 Å². The van der Waals surface area contributed by atoms with E-state index in [1.54, 1.807) is 36.4 Å². The monoisotopic (exact) mass is 414 g/mol. The summed E-state index contributed by atoms with van der Waals surface area (Å²) in [6, 6.07) is 10.3. The standard InChI is InChI=1S/C18H20Cl2N2O3S/c1-25-17-11-15(21-12-13-10-14(19)4-6-16(13)20)5-7-18(17)26(23,24)22-8-2-3-9-22/h4-7,10-11,21H,2-3,8-9,12H2,1H3. The predicted molar refractivity (Wildman–Crippen MR) is 105 cm³/mol. The predicted octanol–water partition coefficient (Wildman–Crippen LogP) is 4.40. The molecule has 0 saturated carbocycles. The summed E-state index contributed by atoms with van der Waals surface area (Å²) < 4.78 is 32.4. The van der Waals surface area contributed by atoms with Gasteiger partial charge in [0.15, 0.2) is 0 Å². The third-order valence-corrected chi connectivity index (χ3v) is 6.88. The lowest BCUT2D eigenvalue weighted by Gasteiger charge is -2.18. The SMILES string of the molecule is COc1cc(NCc2cc(Cl)ccc2Cl)ccc1S(=O)(=O)N1CCCC1. The number of hydrogen-bond acceptors (Lipinski definition) is 4. The Balaban J connectivity index is 1.81. The summed E-state index contributed by atoms with van der Waals surface area (Å²) in [5.41, 5.74) is 1.59. The van der Waals surface area contributed by atoms with E-state index in [1.165, 1.54) is 11.4 Å². The largest absolute Gasteiger partial charge is 0.495 e. The second-order valence-corrected chi connectivity index (χ2v) is 8.82. The average Bonchev–Trinajstić information content (AvgIpc) is 3.17. The molecule has 2 aromatic carbocycles. The third-order valence-electron chi connectivity index (χ3n) is 4.34. The molecule has 1 N–H and O–H groups in total. The molecule has 0 bridgehead atoms. The summed E-state index contributed by atoms with van der Waals surface area (Å²) in [5, 5.41) is 4.44. The lowest BCUT2D eigenvalue weighted by Crippen LogP contribution is -2.28. The number of methoxy groups -OCH3 is 1. The Morgan fingerprint density at radius 3 is 2.54 bits per heavy atom. The van der Waals surface area contributed by atoms with Gasteiger partial charge in [0.1, 0.15) is 10.6 Å². The van der Waals surface area contributed by atoms with E-state index in [2.05, 4.69) is 5.32 Å². The van der Waals surface area contributed by atoms with Crippen LogP contribution in [0.2, 0.25) is 10.0 Å². The molecule has 140 valence electrons. The lowest BCUT2D eigenvalue weighted by molar-refractivity contribution is 0.398. The van der Waals surface area contributed by atoms with Crippen LogP contribution in [-0.4, -0.2) is 32.9 Å². The Morgan fingerprint density at radius 2 is 1.85 bits per heavy atom. The molecule has 2 aromatic rings. The molecule has 1 saturated heterocycles. The van der Waals surface area contributed by atoms with E-state index in [0.717, 1.165) is 24.1 Å². The zero-order valence-corrected chi connectivity index (χ0v) is 16.7. The molecule has 1 aliphatic rings. The van der Waals surface area contributed by atoms with Crippen molar-refractivity contribution in [3.8, 4) is 5.75 Å². The van der Waals surface area contributed by atoms with Crippen molar-refractivity contribution in [2.45, 2.75) is 24.3 Å². The van der Waals surface area contributed by atoms with Crippen LogP contribution in [-0.2, 0) is 16.6 Å². The Labute approximate surface area is 163 Å². The maximum atomic E-state index is 12.8. The highest BCUT2D eigenvalue weighted by molar-refractivity contribution is 7.89. The lowest BCUT2D eigenvalue weighted by atomic mass is 10.2. The highest BCUT2D eigenvalue weighted by Gasteiger charge is 2.29. The first-order valence-electron chi connectivity index (χ1n) is 8.28. The molecular weight excluding hydrogens is 395 g/mol. The van der Waals surface area contributed by atoms with Gasteiger partial charge in [-0.3, -0.25) is 0 Å². The molecule has 0 radical (unpaired) electrons. The minimum atomic E-state index is -3.54. The maximum Gasteiger partial charge on any atom is 0.246 e. The van der Waals surface area contributed by atoms with Gasteiger partial charge in [-0.2, -0.15) is 4.31 Å². The molecule has 0 unspecified atom stereocenters. The molecule has 3 rings (SSSR count). The van der Waals surface area contributed by atoms with Crippen molar-refractivity contribution >= 4 is 38.9 Å². The minimum absolute atomic E-state index is 0.188. The summed E-state index contributed by atoms with van der Waals surface area (Å²) in [4.78, 5) is 0.188. The summed E-state index contributed by atoms with van der Waals surface area (Å²) in [5.74, 6) is 0.319. The molecule has 0 aromatic heterocycles. The van der Waals surface area contributed by atoms with E-state index in [4.69, 9.17) is 27.9 Å². The Kier molecular flexibility index (Phi) is 5.97. The van der Waals surface area contributed by atoms with Crippen molar-refractivity contribution in [3.63, 3.8) is 0 Å². The fourth-order valence-corrected chi connectivity index (χ4v) is 4.97. The first-order valence-corrected chi connectivity index (χ1v) is 10.5. The van der Waals surface area contributed by atoms with Crippen molar-refractivity contribution in [1.29, 1.82) is 0 Å². The molecule has 0 atom stereocenters. The Hall–Kier alpha value is -1.47. The molecule has 0 aliphatic carbocycles. The van der Waals surface area contributed by atoms with E-state index in [9.17, 15) is 8.42 Å². The number of benzene rings is 2. The fraction of sp³-hybridized carbons (Fsp3) is 0.333. The number of rotatable bonds is 6. The van der Waals surface area contributed by atoms with Crippen molar-refractivity contribution in [2.24, 2.45) is 0 Å². The number of nitrogens with one attached hydrogen (secondary N) is 1. The van der Waals surface area contributed by atoms with Crippen LogP contribution in [0.5, 0.6) is 5.75 Å². The summed E-state index contributed by atoms with van der Waals surface area (Å²) in [6.07, 6.45) is 1.78. The van der Waals surface area contributed by atoms with E-state index in [-0.39, 0.29) is 4.90 Å². The second kappa shape index (κ2) is 8.05. The maximum absolute atomic E-state index is 12.8. The average molecular weight is 415 g/mol. The third kappa shape index (κ3) is 4.09. The van der Waals surface area contributed by atoms with Gasteiger partial charge in [0.2, 0.25) is 10.0 Å². The molecule has 1 fully saturated rings. The van der Waals surface area contributed by atoms with Gasteiger partial charge < -0.3 is 10.1 Å². The first-order chi connectivity index (χ1) is 12.4. The topological polar surface area (TPSA) is 58.6 Å². The Bertz CT molecular complexity index is 897. The smallest absolute Gasteiger partial charge is 0.246 e. The zero-order chi connectivity index (χ0) is 18.7. The molecule has 8 heteroatoms. The van der Waals surface area contributed by atoms with Crippen LogP contribution in [0.15, 0.2) is 41.3 Å². The number of anilines is 1. The van der Waals surface area contributed by atoms with E-state index in [0.29, 0.717) is 35.4 Å². The van der Waals surface area contributed by atoms with Gasteiger partial charge >= 0.3 is 0 Å². The van der Waals surface area contributed by atoms with Crippen molar-refractivity contribution < 1.29 is 13.2 Å². The highest BCUT2D eigenvalue weighted by Crippen LogP contribution is 2.31. The van der Waals surface area contributed by atoms with Crippen LogP contribution in [0.4, 0.5) is 5.69 Å². The van der Waals surface area contributed by atoms with Gasteiger partial charge in [0, 0.05) is 41.4 Å². The molecule has 1 heterocycles. The minimum Gasteiger partial charge on any atom is -0.495 e. The number of halogens is 2. The van der Waals surface area contributed by atoms with Crippen LogP contribution in [0, 0.1) is 0 Å². The molecule has 26 heavy (non-hydrogen) atoms. The molecule has 0 spiro atoms. The summed E-state index contributed by atoms with van der Waals surface area (Å²) in [6.45, 7) is 1.57. The first kappa shape index (κ1) is 19.3. The number of hydrogen-bond donors (Lipinski definition) is 1. The number of nitrogens with zero attached hydrogens (tertiary/aromatic N) is 1. The number of sulfonamides is 1. The molecular formula is C18H20Cl2N2O3S. The van der Waals surface area contributed by atoms with Crippen LogP contribution in [0.25, 0.3) is 0 Å². The van der Waals surface area contributed by atoms with Gasteiger partial charge in [-0.15, -0.1) is 0 Å². The zero-order valence-electron chi connectivity index (χ0n) is 14.3. The quantitative estimate of drug-likeness (QED) is 0.760. The molecule has 1 aliphatic heterocycles. The van der Waals surface area contributed by atoms with Gasteiger partial charge in [-0.25, -0.2) is 8.42 Å². The van der Waals surface area contributed by atoms with Crippen LogP contribution < -0.4 is 10.1 Å². The van der Waals surface area contributed by atoms with Gasteiger partial charge in [-0.1, -0.05) is 23.2 Å². The number of ether oxygens (including phenoxy) is 1. The summed E-state index contributed by atoms with van der Waals surface area (Å²) in [7, 11) is -2.07. The molecule has 0 amide bonds. The van der Waals surface area contributed by atoms with Gasteiger partial charge in [0.25, 0.3) is 0 Å². The fourth-order valence-electron chi connectivity index (χ4n) is 2.93. The van der Waals surface area contributed by atoms with Gasteiger partial charge in [-0.05, 0) is 48.7 Å². The second-order valence-electron chi connectivity index (χ2n) is 6.07. The van der Waals surface area contributed by atoms with Crippen molar-refractivity contribution in [3.05, 3.63) is 52.0 Å². The van der Waals surface area contributed by atoms with E-state index >= 15 is 0 Å². The van der Waals surface area contributed by atoms with E-state index < -0.39 is 10.0 Å². The summed E-state index contributed by atoms with van der Waals surface area (Å²) >= 11 is 12.2. The van der Waals surface area contributed by atoms with E-state index in [1.807, 2.05) is 0 Å². The highest BCUT2D eigenvalue weighted by atomic mass is 35.5. The normalized spacial score (nSPS) is 15.2.